The molecule has 2 aromatic heterocycles. The third kappa shape index (κ3) is 1.23. The van der Waals surface area contributed by atoms with E-state index in [-0.39, 0.29) is 0 Å². The van der Waals surface area contributed by atoms with E-state index in [1.807, 2.05) is 43.3 Å². The van der Waals surface area contributed by atoms with E-state index in [0.29, 0.717) is 11.5 Å². The van der Waals surface area contributed by atoms with Gasteiger partial charge in [-0.25, -0.2) is 15.0 Å². The number of aromatic nitrogens is 3. The summed E-state index contributed by atoms with van der Waals surface area (Å²) >= 11 is 0. The summed E-state index contributed by atoms with van der Waals surface area (Å²) in [5.41, 5.74) is 4.89. The highest BCUT2D eigenvalue weighted by molar-refractivity contribution is 6.01. The number of aryl methyl sites for hydroxylation is 1. The SMILES string of the molecule is Cc1nc2ccc3nc4ccccc4nc3c2o1. The molecule has 0 saturated heterocycles. The number of oxazole rings is 1. The van der Waals surface area contributed by atoms with Crippen molar-refractivity contribution >= 4 is 33.2 Å². The molecule has 0 N–H and O–H groups in total. The van der Waals surface area contributed by atoms with Crippen LogP contribution < -0.4 is 0 Å². The number of para-hydroxylation sites is 2. The van der Waals surface area contributed by atoms with Crippen molar-refractivity contribution in [3.63, 3.8) is 0 Å². The van der Waals surface area contributed by atoms with E-state index in [1.54, 1.807) is 0 Å². The van der Waals surface area contributed by atoms with Crippen LogP contribution in [0.15, 0.2) is 40.8 Å². The van der Waals surface area contributed by atoms with E-state index >= 15 is 0 Å². The molecule has 0 unspecified atom stereocenters. The molecule has 2 heterocycles. The van der Waals surface area contributed by atoms with Crippen molar-refractivity contribution in [2.24, 2.45) is 0 Å². The minimum atomic E-state index is 0.646. The summed E-state index contributed by atoms with van der Waals surface area (Å²) in [5, 5.41) is 0. The van der Waals surface area contributed by atoms with E-state index < -0.39 is 0 Å². The summed E-state index contributed by atoms with van der Waals surface area (Å²) < 4.78 is 5.62. The fraction of sp³-hybridized carbons (Fsp3) is 0.0714. The minimum Gasteiger partial charge on any atom is -0.439 e. The lowest BCUT2D eigenvalue weighted by atomic mass is 10.2. The Morgan fingerprint density at radius 3 is 2.33 bits per heavy atom. The van der Waals surface area contributed by atoms with Crippen LogP contribution in [0, 0.1) is 6.92 Å². The molecular weight excluding hydrogens is 226 g/mol. The van der Waals surface area contributed by atoms with Crippen molar-refractivity contribution in [3.05, 3.63) is 42.3 Å². The molecule has 0 spiro atoms. The zero-order chi connectivity index (χ0) is 12.1. The zero-order valence-corrected chi connectivity index (χ0v) is 9.71. The van der Waals surface area contributed by atoms with Crippen LogP contribution in [0.5, 0.6) is 0 Å². The Labute approximate surface area is 102 Å². The maximum atomic E-state index is 5.62. The van der Waals surface area contributed by atoms with Gasteiger partial charge >= 0.3 is 0 Å². The van der Waals surface area contributed by atoms with Crippen molar-refractivity contribution in [1.29, 1.82) is 0 Å². The monoisotopic (exact) mass is 235 g/mol. The zero-order valence-electron chi connectivity index (χ0n) is 9.71. The molecule has 18 heavy (non-hydrogen) atoms. The third-order valence-electron chi connectivity index (χ3n) is 2.97. The third-order valence-corrected chi connectivity index (χ3v) is 2.97. The van der Waals surface area contributed by atoms with E-state index in [4.69, 9.17) is 4.42 Å². The molecule has 2 aromatic carbocycles. The summed E-state index contributed by atoms with van der Waals surface area (Å²) in [6.07, 6.45) is 0. The maximum Gasteiger partial charge on any atom is 0.192 e. The Morgan fingerprint density at radius 2 is 1.50 bits per heavy atom. The van der Waals surface area contributed by atoms with E-state index in [2.05, 4.69) is 15.0 Å². The molecular formula is C14H9N3O. The van der Waals surface area contributed by atoms with Gasteiger partial charge in [0.05, 0.1) is 16.6 Å². The number of hydrogen-bond donors (Lipinski definition) is 0. The first-order valence-corrected chi connectivity index (χ1v) is 5.74. The van der Waals surface area contributed by atoms with E-state index in [1.165, 1.54) is 0 Å². The first kappa shape index (κ1) is 9.53. The highest BCUT2D eigenvalue weighted by Crippen LogP contribution is 2.25. The minimum absolute atomic E-state index is 0.646. The number of rotatable bonds is 0. The van der Waals surface area contributed by atoms with Gasteiger partial charge in [0.25, 0.3) is 0 Å². The maximum absolute atomic E-state index is 5.62. The molecule has 0 radical (unpaired) electrons. The number of benzene rings is 2. The van der Waals surface area contributed by atoms with Gasteiger partial charge in [-0.15, -0.1) is 0 Å². The number of nitrogens with zero attached hydrogens (tertiary/aromatic N) is 3. The summed E-state index contributed by atoms with van der Waals surface area (Å²) in [4.78, 5) is 13.5. The second-order valence-corrected chi connectivity index (χ2v) is 4.23. The molecule has 0 bridgehead atoms. The molecule has 4 heteroatoms. The average Bonchev–Trinajstić information content (AvgIpc) is 2.77. The Morgan fingerprint density at radius 1 is 0.778 bits per heavy atom. The van der Waals surface area contributed by atoms with Gasteiger partial charge in [0, 0.05) is 6.92 Å². The molecule has 86 valence electrons. The Hall–Kier alpha value is -2.49. The number of hydrogen-bond acceptors (Lipinski definition) is 4. The van der Waals surface area contributed by atoms with Crippen molar-refractivity contribution < 1.29 is 4.42 Å². The van der Waals surface area contributed by atoms with Gasteiger partial charge < -0.3 is 4.42 Å². The molecule has 0 amide bonds. The highest BCUT2D eigenvalue weighted by atomic mass is 16.3. The predicted molar refractivity (Wildman–Crippen MR) is 69.3 cm³/mol. The smallest absolute Gasteiger partial charge is 0.192 e. The van der Waals surface area contributed by atoms with Crippen LogP contribution in [-0.2, 0) is 0 Å². The van der Waals surface area contributed by atoms with Gasteiger partial charge in [-0.05, 0) is 24.3 Å². The van der Waals surface area contributed by atoms with Gasteiger partial charge in [0.2, 0.25) is 0 Å². The van der Waals surface area contributed by atoms with E-state index in [0.717, 1.165) is 27.6 Å². The van der Waals surface area contributed by atoms with Crippen LogP contribution >= 0.6 is 0 Å². The van der Waals surface area contributed by atoms with Crippen LogP contribution in [0.4, 0.5) is 0 Å². The van der Waals surface area contributed by atoms with Gasteiger partial charge in [0.15, 0.2) is 11.5 Å². The topological polar surface area (TPSA) is 51.8 Å². The summed E-state index contributed by atoms with van der Waals surface area (Å²) in [5.74, 6) is 0.646. The molecule has 4 rings (SSSR count). The van der Waals surface area contributed by atoms with Gasteiger partial charge in [0.1, 0.15) is 11.0 Å². The van der Waals surface area contributed by atoms with Crippen molar-refractivity contribution in [2.45, 2.75) is 6.92 Å². The lowest BCUT2D eigenvalue weighted by Gasteiger charge is -2.00. The fourth-order valence-corrected chi connectivity index (χ4v) is 2.18. The van der Waals surface area contributed by atoms with Gasteiger partial charge in [-0.3, -0.25) is 0 Å². The fourth-order valence-electron chi connectivity index (χ4n) is 2.18. The molecule has 4 nitrogen and oxygen atoms in total. The van der Waals surface area contributed by atoms with Crippen LogP contribution in [0.25, 0.3) is 33.2 Å². The molecule has 0 aliphatic carbocycles. The van der Waals surface area contributed by atoms with Gasteiger partial charge in [-0.2, -0.15) is 0 Å². The quantitative estimate of drug-likeness (QED) is 0.439. The normalized spacial score (nSPS) is 11.6. The number of fused-ring (bicyclic) bond motifs is 4. The van der Waals surface area contributed by atoms with Crippen LogP contribution in [-0.4, -0.2) is 15.0 Å². The Bertz CT molecular complexity index is 895. The molecule has 0 atom stereocenters. The van der Waals surface area contributed by atoms with Crippen molar-refractivity contribution in [1.82, 2.24) is 15.0 Å². The summed E-state index contributed by atoms with van der Waals surface area (Å²) in [6, 6.07) is 11.7. The summed E-state index contributed by atoms with van der Waals surface area (Å²) in [7, 11) is 0. The summed E-state index contributed by atoms with van der Waals surface area (Å²) in [6.45, 7) is 1.83. The Balaban J connectivity index is 2.26. The second kappa shape index (κ2) is 3.26. The first-order chi connectivity index (χ1) is 8.81. The highest BCUT2D eigenvalue weighted by Gasteiger charge is 2.10. The predicted octanol–water partition coefficient (Wildman–Crippen LogP) is 3.23. The lowest BCUT2D eigenvalue weighted by molar-refractivity contribution is 0.563. The largest absolute Gasteiger partial charge is 0.439 e. The van der Waals surface area contributed by atoms with Crippen molar-refractivity contribution in [3.8, 4) is 0 Å². The molecule has 0 saturated carbocycles. The molecule has 0 fully saturated rings. The molecule has 0 aliphatic rings. The molecule has 4 aromatic rings. The Kier molecular flexibility index (Phi) is 1.73. The van der Waals surface area contributed by atoms with Gasteiger partial charge in [-0.1, -0.05) is 12.1 Å². The first-order valence-electron chi connectivity index (χ1n) is 5.74. The standard InChI is InChI=1S/C14H9N3O/c1-8-15-12-7-6-11-13(14(12)18-8)17-10-5-3-2-4-9(10)16-11/h2-7H,1H3. The lowest BCUT2D eigenvalue weighted by Crippen LogP contribution is -1.87. The van der Waals surface area contributed by atoms with Crippen LogP contribution in [0.1, 0.15) is 5.89 Å². The average molecular weight is 235 g/mol. The van der Waals surface area contributed by atoms with E-state index in [9.17, 15) is 0 Å². The van der Waals surface area contributed by atoms with Crippen LogP contribution in [0.2, 0.25) is 0 Å². The van der Waals surface area contributed by atoms with Crippen molar-refractivity contribution in [2.75, 3.05) is 0 Å². The second-order valence-electron chi connectivity index (χ2n) is 4.23. The van der Waals surface area contributed by atoms with Crippen LogP contribution in [0.3, 0.4) is 0 Å². The molecule has 0 aliphatic heterocycles.